The number of hydrogen-bond acceptors (Lipinski definition) is 5. The number of para-hydroxylation sites is 1. The van der Waals surface area contributed by atoms with E-state index in [2.05, 4.69) is 10.6 Å². The molecule has 2 rings (SSSR count). The lowest BCUT2D eigenvalue weighted by Gasteiger charge is -2.28. The Morgan fingerprint density at radius 1 is 1.23 bits per heavy atom. The number of aliphatic hydroxyl groups is 1. The number of allylic oxidation sites excluding steroid dienone is 1. The van der Waals surface area contributed by atoms with Gasteiger partial charge in [-0.3, -0.25) is 0 Å². The van der Waals surface area contributed by atoms with Crippen molar-refractivity contribution in [1.29, 1.82) is 10.5 Å². The maximum atomic E-state index is 14.0. The standard InChI is InChI=1S/C16H17FN4O/c17-14-2-1-3-15(16(14)20-10-11(8-18)9-19)21-12-4-6-13(22)7-5-12/h1-3,10,12-13,20-22H,4-7H2. The van der Waals surface area contributed by atoms with E-state index in [4.69, 9.17) is 10.5 Å². The summed E-state index contributed by atoms with van der Waals surface area (Å²) >= 11 is 0. The average Bonchev–Trinajstić information content (AvgIpc) is 2.52. The Morgan fingerprint density at radius 2 is 1.91 bits per heavy atom. The van der Waals surface area contributed by atoms with Gasteiger partial charge in [0, 0.05) is 12.2 Å². The molecule has 0 unspecified atom stereocenters. The highest BCUT2D eigenvalue weighted by Gasteiger charge is 2.20. The number of nitrogens with one attached hydrogen (secondary N) is 2. The third-order valence-corrected chi connectivity index (χ3v) is 3.67. The second-order valence-corrected chi connectivity index (χ2v) is 5.24. The lowest BCUT2D eigenvalue weighted by molar-refractivity contribution is 0.126. The fourth-order valence-electron chi connectivity index (χ4n) is 2.47. The molecule has 0 heterocycles. The summed E-state index contributed by atoms with van der Waals surface area (Å²) < 4.78 is 14.0. The summed E-state index contributed by atoms with van der Waals surface area (Å²) in [5, 5.41) is 32.9. The van der Waals surface area contributed by atoms with Gasteiger partial charge in [-0.1, -0.05) is 6.07 Å². The Kier molecular flexibility index (Phi) is 5.35. The highest BCUT2D eigenvalue weighted by Crippen LogP contribution is 2.29. The third-order valence-electron chi connectivity index (χ3n) is 3.67. The first-order valence-corrected chi connectivity index (χ1v) is 7.14. The van der Waals surface area contributed by atoms with Gasteiger partial charge in [0.1, 0.15) is 23.5 Å². The van der Waals surface area contributed by atoms with Crippen LogP contribution in [0.25, 0.3) is 0 Å². The van der Waals surface area contributed by atoms with E-state index in [0.717, 1.165) is 25.7 Å². The lowest BCUT2D eigenvalue weighted by Crippen LogP contribution is -2.28. The number of rotatable bonds is 4. The Morgan fingerprint density at radius 3 is 2.55 bits per heavy atom. The van der Waals surface area contributed by atoms with Gasteiger partial charge < -0.3 is 15.7 Å². The van der Waals surface area contributed by atoms with Crippen molar-refractivity contribution in [3.63, 3.8) is 0 Å². The van der Waals surface area contributed by atoms with E-state index in [1.807, 2.05) is 0 Å². The molecule has 1 aromatic carbocycles. The number of nitrogens with zero attached hydrogens (tertiary/aromatic N) is 2. The number of halogens is 1. The van der Waals surface area contributed by atoms with Crippen molar-refractivity contribution in [3.8, 4) is 12.1 Å². The molecule has 0 aromatic heterocycles. The molecular formula is C16H17FN4O. The smallest absolute Gasteiger partial charge is 0.148 e. The maximum Gasteiger partial charge on any atom is 0.148 e. The molecule has 3 N–H and O–H groups in total. The summed E-state index contributed by atoms with van der Waals surface area (Å²) in [6.45, 7) is 0. The Bertz CT molecular complexity index is 621. The van der Waals surface area contributed by atoms with E-state index < -0.39 is 5.82 Å². The van der Waals surface area contributed by atoms with Crippen LogP contribution in [0.3, 0.4) is 0 Å². The van der Waals surface area contributed by atoms with Crippen LogP contribution in [0.15, 0.2) is 30.0 Å². The molecule has 1 aliphatic rings. The zero-order valence-electron chi connectivity index (χ0n) is 12.0. The Balaban J connectivity index is 2.15. The fraction of sp³-hybridized carbons (Fsp3) is 0.375. The zero-order chi connectivity index (χ0) is 15.9. The van der Waals surface area contributed by atoms with Gasteiger partial charge in [-0.05, 0) is 37.8 Å². The van der Waals surface area contributed by atoms with Gasteiger partial charge in [0.15, 0.2) is 0 Å². The van der Waals surface area contributed by atoms with E-state index >= 15 is 0 Å². The molecule has 0 aliphatic heterocycles. The molecule has 1 aliphatic carbocycles. The van der Waals surface area contributed by atoms with Crippen LogP contribution in [0.5, 0.6) is 0 Å². The van der Waals surface area contributed by atoms with Crippen LogP contribution >= 0.6 is 0 Å². The second-order valence-electron chi connectivity index (χ2n) is 5.24. The topological polar surface area (TPSA) is 91.9 Å². The van der Waals surface area contributed by atoms with Crippen LogP contribution in [0, 0.1) is 28.5 Å². The largest absolute Gasteiger partial charge is 0.393 e. The fourth-order valence-corrected chi connectivity index (χ4v) is 2.47. The average molecular weight is 300 g/mol. The quantitative estimate of drug-likeness (QED) is 0.744. The molecular weight excluding hydrogens is 283 g/mol. The van der Waals surface area contributed by atoms with Crippen LogP contribution < -0.4 is 10.6 Å². The normalized spacial score (nSPS) is 20.4. The van der Waals surface area contributed by atoms with Crippen molar-refractivity contribution in [2.75, 3.05) is 10.6 Å². The van der Waals surface area contributed by atoms with Gasteiger partial charge in [-0.25, -0.2) is 4.39 Å². The molecule has 1 fully saturated rings. The van der Waals surface area contributed by atoms with Crippen LogP contribution in [0.2, 0.25) is 0 Å². The van der Waals surface area contributed by atoms with Crippen molar-refractivity contribution < 1.29 is 9.50 Å². The first-order chi connectivity index (χ1) is 10.6. The number of aliphatic hydroxyl groups excluding tert-OH is 1. The number of anilines is 2. The van der Waals surface area contributed by atoms with Gasteiger partial charge in [0.25, 0.3) is 0 Å². The van der Waals surface area contributed by atoms with Crippen molar-refractivity contribution >= 4 is 11.4 Å². The molecule has 1 saturated carbocycles. The Hall–Kier alpha value is -2.57. The zero-order valence-corrected chi connectivity index (χ0v) is 12.0. The van der Waals surface area contributed by atoms with E-state index in [1.165, 1.54) is 12.3 Å². The summed E-state index contributed by atoms with van der Waals surface area (Å²) in [4.78, 5) is 0. The molecule has 0 atom stereocenters. The SMILES string of the molecule is N#CC(C#N)=CNc1c(F)cccc1NC1CCC(O)CC1. The highest BCUT2D eigenvalue weighted by atomic mass is 19.1. The predicted octanol–water partition coefficient (Wildman–Crippen LogP) is 2.88. The van der Waals surface area contributed by atoms with Crippen molar-refractivity contribution in [2.45, 2.75) is 37.8 Å². The molecule has 0 amide bonds. The van der Waals surface area contributed by atoms with Gasteiger partial charge in [-0.15, -0.1) is 0 Å². The van der Waals surface area contributed by atoms with E-state index in [-0.39, 0.29) is 23.4 Å². The van der Waals surface area contributed by atoms with Crippen molar-refractivity contribution in [3.05, 3.63) is 35.8 Å². The van der Waals surface area contributed by atoms with Crippen molar-refractivity contribution in [2.24, 2.45) is 0 Å². The molecule has 0 radical (unpaired) electrons. The van der Waals surface area contributed by atoms with E-state index in [1.54, 1.807) is 24.3 Å². The molecule has 114 valence electrons. The van der Waals surface area contributed by atoms with Gasteiger partial charge in [0.05, 0.1) is 17.5 Å². The first kappa shape index (κ1) is 15.8. The number of nitriles is 2. The number of benzene rings is 1. The molecule has 0 bridgehead atoms. The van der Waals surface area contributed by atoms with Crippen LogP contribution in [-0.2, 0) is 0 Å². The second kappa shape index (κ2) is 7.44. The maximum absolute atomic E-state index is 14.0. The molecule has 0 spiro atoms. The van der Waals surface area contributed by atoms with Gasteiger partial charge >= 0.3 is 0 Å². The molecule has 6 heteroatoms. The van der Waals surface area contributed by atoms with Gasteiger partial charge in [0.2, 0.25) is 0 Å². The highest BCUT2D eigenvalue weighted by molar-refractivity contribution is 5.71. The minimum Gasteiger partial charge on any atom is -0.393 e. The summed E-state index contributed by atoms with van der Waals surface area (Å²) in [5.74, 6) is -0.465. The Labute approximate surface area is 128 Å². The number of hydrogen-bond donors (Lipinski definition) is 3. The summed E-state index contributed by atoms with van der Waals surface area (Å²) in [7, 11) is 0. The van der Waals surface area contributed by atoms with E-state index in [0.29, 0.717) is 5.69 Å². The van der Waals surface area contributed by atoms with Gasteiger partial charge in [-0.2, -0.15) is 10.5 Å². The predicted molar refractivity (Wildman–Crippen MR) is 81.2 cm³/mol. The minimum atomic E-state index is -0.465. The van der Waals surface area contributed by atoms with Crippen molar-refractivity contribution in [1.82, 2.24) is 0 Å². The summed E-state index contributed by atoms with van der Waals surface area (Å²) in [6.07, 6.45) is 4.02. The van der Waals surface area contributed by atoms with E-state index in [9.17, 15) is 9.50 Å². The van der Waals surface area contributed by atoms with Crippen LogP contribution in [-0.4, -0.2) is 17.3 Å². The molecule has 0 saturated heterocycles. The first-order valence-electron chi connectivity index (χ1n) is 7.14. The molecule has 1 aromatic rings. The lowest BCUT2D eigenvalue weighted by atomic mass is 9.93. The minimum absolute atomic E-state index is 0.130. The van der Waals surface area contributed by atoms with Crippen LogP contribution in [0.1, 0.15) is 25.7 Å². The third kappa shape index (κ3) is 3.97. The summed E-state index contributed by atoms with van der Waals surface area (Å²) in [5.41, 5.74) is 0.652. The van der Waals surface area contributed by atoms with Crippen LogP contribution in [0.4, 0.5) is 15.8 Å². The molecule has 5 nitrogen and oxygen atoms in total. The monoisotopic (exact) mass is 300 g/mol. The molecule has 22 heavy (non-hydrogen) atoms. The summed E-state index contributed by atoms with van der Waals surface area (Å²) in [6, 6.07) is 8.24.